The number of hydrogen-bond acceptors (Lipinski definition) is 4. The average molecular weight is 556 g/mol. The third-order valence-corrected chi connectivity index (χ3v) is 8.03. The largest absolute Gasteiger partial charge is 0.416 e. The van der Waals surface area contributed by atoms with Crippen molar-refractivity contribution in [2.45, 2.75) is 31.6 Å². The number of benzene rings is 2. The Balaban J connectivity index is 1.51. The number of nitrogens with zero attached hydrogens (tertiary/aromatic N) is 4. The Morgan fingerprint density at radius 3 is 2.30 bits per heavy atom. The van der Waals surface area contributed by atoms with Crippen molar-refractivity contribution in [2.75, 3.05) is 46.3 Å². The molecule has 3 aliphatic rings. The van der Waals surface area contributed by atoms with Crippen molar-refractivity contribution in [3.63, 3.8) is 0 Å². The van der Waals surface area contributed by atoms with E-state index >= 15 is 0 Å². The zero-order valence-corrected chi connectivity index (χ0v) is 22.4. The molecule has 0 radical (unpaired) electrons. The summed E-state index contributed by atoms with van der Waals surface area (Å²) in [6.07, 6.45) is -4.44. The van der Waals surface area contributed by atoms with Gasteiger partial charge >= 0.3 is 12.2 Å². The highest BCUT2D eigenvalue weighted by Gasteiger charge is 2.48. The zero-order valence-electron chi connectivity index (χ0n) is 22.4. The highest BCUT2D eigenvalue weighted by Crippen LogP contribution is 2.42. The molecule has 0 bridgehead atoms. The molecule has 2 atom stereocenters. The minimum atomic E-state index is -4.68. The summed E-state index contributed by atoms with van der Waals surface area (Å²) in [6, 6.07) is 11.5. The Morgan fingerprint density at radius 2 is 1.65 bits per heavy atom. The molecule has 3 aliphatic heterocycles. The first-order valence-corrected chi connectivity index (χ1v) is 13.4. The van der Waals surface area contributed by atoms with Crippen molar-refractivity contribution in [3.8, 4) is 0 Å². The van der Waals surface area contributed by atoms with Crippen LogP contribution in [0.2, 0.25) is 0 Å². The van der Waals surface area contributed by atoms with Crippen LogP contribution >= 0.6 is 0 Å². The molecule has 40 heavy (non-hydrogen) atoms. The molecule has 0 aromatic heterocycles. The van der Waals surface area contributed by atoms with Gasteiger partial charge in [0.1, 0.15) is 6.04 Å². The molecule has 5 rings (SSSR count). The minimum Gasteiger partial charge on any atom is -0.338 e. The number of amides is 4. The second-order valence-corrected chi connectivity index (χ2v) is 10.3. The lowest BCUT2D eigenvalue weighted by molar-refractivity contribution is -0.144. The maximum Gasteiger partial charge on any atom is 0.416 e. The van der Waals surface area contributed by atoms with Crippen molar-refractivity contribution >= 4 is 17.8 Å². The maximum absolute atomic E-state index is 14.1. The third kappa shape index (κ3) is 5.17. The quantitative estimate of drug-likeness (QED) is 0.594. The van der Waals surface area contributed by atoms with E-state index in [4.69, 9.17) is 0 Å². The lowest BCUT2D eigenvalue weighted by Gasteiger charge is -2.38. The number of piperazine rings is 1. The number of carbonyl (C=O) groups is 3. The van der Waals surface area contributed by atoms with Gasteiger partial charge in [0.05, 0.1) is 29.4 Å². The number of likely N-dealkylation sites (N-methyl/N-ethyl adjacent to an activating group) is 2. The first-order chi connectivity index (χ1) is 19.1. The van der Waals surface area contributed by atoms with Crippen molar-refractivity contribution in [2.24, 2.45) is 0 Å². The van der Waals surface area contributed by atoms with Crippen LogP contribution < -0.4 is 5.32 Å². The molecule has 0 saturated carbocycles. The fraction of sp³-hybridized carbons (Fsp3) is 0.414. The number of nitrogens with one attached hydrogen (secondary N) is 1. The molecule has 4 amide bonds. The Labute approximate surface area is 231 Å². The first kappa shape index (κ1) is 27.7. The van der Waals surface area contributed by atoms with Crippen molar-refractivity contribution in [1.82, 2.24) is 24.9 Å². The number of halogens is 3. The van der Waals surface area contributed by atoms with E-state index in [1.165, 1.54) is 35.0 Å². The molecule has 1 saturated heterocycles. The lowest BCUT2D eigenvalue weighted by atomic mass is 9.91. The van der Waals surface area contributed by atoms with Gasteiger partial charge in [-0.2, -0.15) is 13.2 Å². The Bertz CT molecular complexity index is 1320. The van der Waals surface area contributed by atoms with E-state index in [0.29, 0.717) is 18.8 Å². The monoisotopic (exact) mass is 555 g/mol. The summed E-state index contributed by atoms with van der Waals surface area (Å²) < 4.78 is 41.8. The van der Waals surface area contributed by atoms with Crippen LogP contribution in [0.4, 0.5) is 18.0 Å². The first-order valence-electron chi connectivity index (χ1n) is 13.4. The molecule has 8 nitrogen and oxygen atoms in total. The highest BCUT2D eigenvalue weighted by molar-refractivity contribution is 6.03. The smallest absolute Gasteiger partial charge is 0.338 e. The molecular weight excluding hydrogens is 523 g/mol. The van der Waals surface area contributed by atoms with E-state index in [0.717, 1.165) is 31.3 Å². The number of rotatable bonds is 6. The zero-order chi connectivity index (χ0) is 28.6. The molecule has 1 fully saturated rings. The number of alkyl halides is 3. The molecule has 0 spiro atoms. The SMILES string of the molecule is CCN1CCN(C(=O)C(Cc2ccccc2)N2CC3=C(C2=O)C(c2ccccc2C(F)(F)F)NC(=O)N3C)CC1. The van der Waals surface area contributed by atoms with Gasteiger partial charge in [0.15, 0.2) is 0 Å². The topological polar surface area (TPSA) is 76.2 Å². The third-order valence-electron chi connectivity index (χ3n) is 8.03. The van der Waals surface area contributed by atoms with Gasteiger partial charge in [-0.15, -0.1) is 0 Å². The van der Waals surface area contributed by atoms with E-state index < -0.39 is 35.8 Å². The summed E-state index contributed by atoms with van der Waals surface area (Å²) in [6.45, 7) is 5.38. The van der Waals surface area contributed by atoms with Crippen molar-refractivity contribution in [1.29, 1.82) is 0 Å². The van der Waals surface area contributed by atoms with Crippen LogP contribution in [0.25, 0.3) is 0 Å². The summed E-state index contributed by atoms with van der Waals surface area (Å²) in [5.41, 5.74) is 0.0829. The Morgan fingerprint density at radius 1 is 1.00 bits per heavy atom. The van der Waals surface area contributed by atoms with Gasteiger partial charge in [-0.1, -0.05) is 55.5 Å². The van der Waals surface area contributed by atoms with Gasteiger partial charge in [-0.25, -0.2) is 4.79 Å². The lowest BCUT2D eigenvalue weighted by Crippen LogP contribution is -2.56. The Kier molecular flexibility index (Phi) is 7.59. The molecule has 11 heteroatoms. The van der Waals surface area contributed by atoms with Crippen LogP contribution in [0.3, 0.4) is 0 Å². The summed E-state index contributed by atoms with van der Waals surface area (Å²) in [5.74, 6) is -0.757. The normalized spacial score (nSPS) is 21.0. The molecule has 2 aromatic rings. The van der Waals surface area contributed by atoms with E-state index in [1.54, 1.807) is 4.90 Å². The van der Waals surface area contributed by atoms with Gasteiger partial charge in [-0.05, 0) is 23.7 Å². The summed E-state index contributed by atoms with van der Waals surface area (Å²) in [4.78, 5) is 47.6. The molecular formula is C29H32F3N5O3. The van der Waals surface area contributed by atoms with Crippen LogP contribution in [0.15, 0.2) is 65.9 Å². The van der Waals surface area contributed by atoms with E-state index in [1.807, 2.05) is 30.3 Å². The number of carbonyl (C=O) groups excluding carboxylic acids is 3. The van der Waals surface area contributed by atoms with Gasteiger partial charge < -0.3 is 20.0 Å². The van der Waals surface area contributed by atoms with Crippen LogP contribution in [0, 0.1) is 0 Å². The molecule has 2 aromatic carbocycles. The van der Waals surface area contributed by atoms with Crippen molar-refractivity contribution < 1.29 is 27.6 Å². The van der Waals surface area contributed by atoms with E-state index in [2.05, 4.69) is 17.1 Å². The predicted octanol–water partition coefficient (Wildman–Crippen LogP) is 3.27. The van der Waals surface area contributed by atoms with E-state index in [-0.39, 0.29) is 30.0 Å². The standard InChI is InChI=1S/C29H32F3N5O3/c1-3-35-13-15-36(16-14-35)26(38)22(17-19-9-5-4-6-10-19)37-18-23-24(27(37)39)25(33-28(40)34(23)2)20-11-7-8-12-21(20)29(30,31)32/h4-12,22,25H,3,13-18H2,1-2H3,(H,33,40). The highest BCUT2D eigenvalue weighted by atomic mass is 19.4. The average Bonchev–Trinajstić information content (AvgIpc) is 3.30. The minimum absolute atomic E-state index is 0.0546. The molecule has 3 heterocycles. The predicted molar refractivity (Wildman–Crippen MR) is 142 cm³/mol. The van der Waals surface area contributed by atoms with Crippen LogP contribution in [0.5, 0.6) is 0 Å². The Hall–Kier alpha value is -3.86. The van der Waals surface area contributed by atoms with Gasteiger partial charge in [0.25, 0.3) is 5.91 Å². The fourth-order valence-corrected chi connectivity index (χ4v) is 5.74. The molecule has 212 valence electrons. The summed E-state index contributed by atoms with van der Waals surface area (Å²) in [7, 11) is 1.48. The molecule has 0 aliphatic carbocycles. The van der Waals surface area contributed by atoms with Crippen molar-refractivity contribution in [3.05, 3.63) is 82.6 Å². The molecule has 1 N–H and O–H groups in total. The molecule has 2 unspecified atom stereocenters. The fourth-order valence-electron chi connectivity index (χ4n) is 5.74. The summed E-state index contributed by atoms with van der Waals surface area (Å²) >= 11 is 0. The van der Waals surface area contributed by atoms with Gasteiger partial charge in [0, 0.05) is 39.6 Å². The number of urea groups is 1. The van der Waals surface area contributed by atoms with Gasteiger partial charge in [0.2, 0.25) is 5.91 Å². The maximum atomic E-state index is 14.1. The van der Waals surface area contributed by atoms with Crippen LogP contribution in [0.1, 0.15) is 29.7 Å². The second kappa shape index (κ2) is 11.0. The van der Waals surface area contributed by atoms with Crippen LogP contribution in [-0.2, 0) is 22.2 Å². The van der Waals surface area contributed by atoms with Gasteiger partial charge in [-0.3, -0.25) is 14.5 Å². The van der Waals surface area contributed by atoms with E-state index in [9.17, 15) is 27.6 Å². The second-order valence-electron chi connectivity index (χ2n) is 10.3. The van der Waals surface area contributed by atoms with Crippen LogP contribution in [-0.4, -0.2) is 89.8 Å². The summed E-state index contributed by atoms with van der Waals surface area (Å²) in [5, 5.41) is 2.59. The number of hydrogen-bond donors (Lipinski definition) is 1.